The lowest BCUT2D eigenvalue weighted by atomic mass is 9.99. The minimum absolute atomic E-state index is 0.0572. The van der Waals surface area contributed by atoms with E-state index >= 15 is 0 Å². The molecular formula is C20H24N2O4S. The minimum atomic E-state index is -3.58. The van der Waals surface area contributed by atoms with E-state index in [1.807, 2.05) is 19.1 Å². The van der Waals surface area contributed by atoms with Crippen molar-refractivity contribution in [2.24, 2.45) is 0 Å². The normalized spacial score (nSPS) is 13.9. The molecule has 0 radical (unpaired) electrons. The van der Waals surface area contributed by atoms with Crippen LogP contribution in [0.2, 0.25) is 0 Å². The maximum absolute atomic E-state index is 12.5. The molecule has 2 aromatic carbocycles. The van der Waals surface area contributed by atoms with Gasteiger partial charge in [0, 0.05) is 26.1 Å². The number of rotatable bonds is 7. The number of amides is 1. The SMILES string of the molecule is CCOc1ccc2c(c1)CN(C(=O)CCNS(=O)(=O)c1ccccc1)CC2. The Morgan fingerprint density at radius 3 is 2.67 bits per heavy atom. The predicted octanol–water partition coefficient (Wildman–Crippen LogP) is 2.34. The fourth-order valence-electron chi connectivity index (χ4n) is 3.14. The van der Waals surface area contributed by atoms with Crippen LogP contribution in [0.15, 0.2) is 53.4 Å². The van der Waals surface area contributed by atoms with Crippen LogP contribution in [0, 0.1) is 0 Å². The van der Waals surface area contributed by atoms with E-state index in [4.69, 9.17) is 4.74 Å². The van der Waals surface area contributed by atoms with Gasteiger partial charge >= 0.3 is 0 Å². The van der Waals surface area contributed by atoms with Crippen LogP contribution < -0.4 is 9.46 Å². The number of nitrogens with one attached hydrogen (secondary N) is 1. The molecule has 0 aromatic heterocycles. The van der Waals surface area contributed by atoms with Crippen molar-refractivity contribution in [2.75, 3.05) is 19.7 Å². The van der Waals surface area contributed by atoms with Crippen LogP contribution in [0.1, 0.15) is 24.5 Å². The molecule has 0 saturated carbocycles. The Hall–Kier alpha value is -2.38. The van der Waals surface area contributed by atoms with Gasteiger partial charge in [0.15, 0.2) is 0 Å². The maximum atomic E-state index is 12.5. The summed E-state index contributed by atoms with van der Waals surface area (Å²) in [4.78, 5) is 14.5. The summed E-state index contributed by atoms with van der Waals surface area (Å²) in [5.41, 5.74) is 2.32. The number of nitrogens with zero attached hydrogens (tertiary/aromatic N) is 1. The lowest BCUT2D eigenvalue weighted by molar-refractivity contribution is -0.131. The van der Waals surface area contributed by atoms with Gasteiger partial charge in [0.1, 0.15) is 5.75 Å². The molecule has 144 valence electrons. The van der Waals surface area contributed by atoms with Crippen molar-refractivity contribution in [1.82, 2.24) is 9.62 Å². The topological polar surface area (TPSA) is 75.7 Å². The summed E-state index contributed by atoms with van der Waals surface area (Å²) in [7, 11) is -3.58. The molecule has 0 unspecified atom stereocenters. The highest BCUT2D eigenvalue weighted by atomic mass is 32.2. The average molecular weight is 388 g/mol. The van der Waals surface area contributed by atoms with E-state index in [0.29, 0.717) is 19.7 Å². The Balaban J connectivity index is 1.55. The number of carbonyl (C=O) groups excluding carboxylic acids is 1. The van der Waals surface area contributed by atoms with Crippen molar-refractivity contribution in [3.8, 4) is 5.75 Å². The van der Waals surface area contributed by atoms with Gasteiger partial charge in [-0.2, -0.15) is 0 Å². The van der Waals surface area contributed by atoms with Gasteiger partial charge in [0.2, 0.25) is 15.9 Å². The average Bonchev–Trinajstić information content (AvgIpc) is 2.68. The summed E-state index contributed by atoms with van der Waals surface area (Å²) in [6.07, 6.45) is 0.926. The molecule has 1 amide bonds. The molecule has 1 aliphatic rings. The van der Waals surface area contributed by atoms with Gasteiger partial charge in [0.05, 0.1) is 11.5 Å². The molecule has 7 heteroatoms. The summed E-state index contributed by atoms with van der Waals surface area (Å²) in [5.74, 6) is 0.749. The molecule has 1 aliphatic heterocycles. The summed E-state index contributed by atoms with van der Waals surface area (Å²) in [6.45, 7) is 3.79. The number of fused-ring (bicyclic) bond motifs is 1. The second-order valence-electron chi connectivity index (χ2n) is 6.39. The molecule has 27 heavy (non-hydrogen) atoms. The van der Waals surface area contributed by atoms with Crippen LogP contribution in [-0.4, -0.2) is 38.9 Å². The van der Waals surface area contributed by atoms with Gasteiger partial charge in [-0.15, -0.1) is 0 Å². The second-order valence-corrected chi connectivity index (χ2v) is 8.16. The molecule has 2 aromatic rings. The molecule has 1 N–H and O–H groups in total. The Bertz CT molecular complexity index is 897. The van der Waals surface area contributed by atoms with Gasteiger partial charge in [-0.25, -0.2) is 13.1 Å². The summed E-state index contributed by atoms with van der Waals surface area (Å²) in [6, 6.07) is 14.1. The van der Waals surface area contributed by atoms with Crippen molar-refractivity contribution >= 4 is 15.9 Å². The quantitative estimate of drug-likeness (QED) is 0.790. The molecule has 0 bridgehead atoms. The number of sulfonamides is 1. The minimum Gasteiger partial charge on any atom is -0.494 e. The number of hydrogen-bond acceptors (Lipinski definition) is 4. The van der Waals surface area contributed by atoms with Gasteiger partial charge < -0.3 is 9.64 Å². The summed E-state index contributed by atoms with van der Waals surface area (Å²) in [5, 5.41) is 0. The van der Waals surface area contributed by atoms with E-state index in [1.54, 1.807) is 23.1 Å². The van der Waals surface area contributed by atoms with Crippen molar-refractivity contribution < 1.29 is 17.9 Å². The van der Waals surface area contributed by atoms with E-state index in [9.17, 15) is 13.2 Å². The molecule has 0 fully saturated rings. The Morgan fingerprint density at radius 1 is 1.15 bits per heavy atom. The van der Waals surface area contributed by atoms with E-state index < -0.39 is 10.0 Å². The fourth-order valence-corrected chi connectivity index (χ4v) is 4.19. The van der Waals surface area contributed by atoms with Crippen molar-refractivity contribution in [3.63, 3.8) is 0 Å². The highest BCUT2D eigenvalue weighted by Crippen LogP contribution is 2.24. The van der Waals surface area contributed by atoms with Gasteiger partial charge in [-0.1, -0.05) is 24.3 Å². The molecular weight excluding hydrogens is 364 g/mol. The second kappa shape index (κ2) is 8.54. The Morgan fingerprint density at radius 2 is 1.93 bits per heavy atom. The highest BCUT2D eigenvalue weighted by Gasteiger charge is 2.21. The van der Waals surface area contributed by atoms with Crippen molar-refractivity contribution in [3.05, 3.63) is 59.7 Å². The van der Waals surface area contributed by atoms with Crippen LogP contribution in [0.4, 0.5) is 0 Å². The number of ether oxygens (including phenoxy) is 1. The van der Waals surface area contributed by atoms with E-state index in [1.165, 1.54) is 17.7 Å². The van der Waals surface area contributed by atoms with Crippen LogP contribution in [0.5, 0.6) is 5.75 Å². The third-order valence-corrected chi connectivity index (χ3v) is 6.02. The highest BCUT2D eigenvalue weighted by molar-refractivity contribution is 7.89. The first-order chi connectivity index (χ1) is 13.0. The van der Waals surface area contributed by atoms with E-state index in [-0.39, 0.29) is 23.8 Å². The first kappa shape index (κ1) is 19.4. The standard InChI is InChI=1S/C20H24N2O4S/c1-2-26-18-9-8-16-11-13-22(15-17(16)14-18)20(23)10-12-21-27(24,25)19-6-4-3-5-7-19/h3-9,14,21H,2,10-13,15H2,1H3. The van der Waals surface area contributed by atoms with Crippen LogP contribution in [0.3, 0.4) is 0 Å². The summed E-state index contributed by atoms with van der Waals surface area (Å²) < 4.78 is 32.4. The molecule has 1 heterocycles. The van der Waals surface area contributed by atoms with Gasteiger partial charge in [0.25, 0.3) is 0 Å². The van der Waals surface area contributed by atoms with Gasteiger partial charge in [-0.05, 0) is 48.7 Å². The number of benzene rings is 2. The lowest BCUT2D eigenvalue weighted by Crippen LogP contribution is -2.38. The molecule has 6 nitrogen and oxygen atoms in total. The van der Waals surface area contributed by atoms with E-state index in [0.717, 1.165) is 17.7 Å². The largest absolute Gasteiger partial charge is 0.494 e. The van der Waals surface area contributed by atoms with Crippen LogP contribution >= 0.6 is 0 Å². The zero-order valence-corrected chi connectivity index (χ0v) is 16.2. The smallest absolute Gasteiger partial charge is 0.240 e. The lowest BCUT2D eigenvalue weighted by Gasteiger charge is -2.29. The molecule has 0 atom stereocenters. The van der Waals surface area contributed by atoms with Gasteiger partial charge in [-0.3, -0.25) is 4.79 Å². The molecule has 0 aliphatic carbocycles. The zero-order valence-electron chi connectivity index (χ0n) is 15.3. The number of hydrogen-bond donors (Lipinski definition) is 1. The van der Waals surface area contributed by atoms with Crippen molar-refractivity contribution in [1.29, 1.82) is 0 Å². The first-order valence-electron chi connectivity index (χ1n) is 9.06. The molecule has 3 rings (SSSR count). The monoisotopic (exact) mass is 388 g/mol. The Labute approximate surface area is 160 Å². The van der Waals surface area contributed by atoms with Crippen molar-refractivity contribution in [2.45, 2.75) is 31.2 Å². The predicted molar refractivity (Wildman–Crippen MR) is 103 cm³/mol. The number of carbonyl (C=O) groups is 1. The third kappa shape index (κ3) is 4.87. The van der Waals surface area contributed by atoms with Crippen LogP contribution in [0.25, 0.3) is 0 Å². The fraction of sp³-hybridized carbons (Fsp3) is 0.350. The first-order valence-corrected chi connectivity index (χ1v) is 10.5. The Kier molecular flexibility index (Phi) is 6.13. The zero-order chi connectivity index (χ0) is 19.3. The summed E-state index contributed by atoms with van der Waals surface area (Å²) >= 11 is 0. The molecule has 0 spiro atoms. The maximum Gasteiger partial charge on any atom is 0.240 e. The molecule has 0 saturated heterocycles. The van der Waals surface area contributed by atoms with E-state index in [2.05, 4.69) is 10.8 Å². The third-order valence-electron chi connectivity index (χ3n) is 4.54. The van der Waals surface area contributed by atoms with Crippen LogP contribution in [-0.2, 0) is 27.8 Å².